The monoisotopic (exact) mass is 445 g/mol. The number of carbonyl (C=O) groups excluding carboxylic acids is 3. The molecule has 0 N–H and O–H groups in total. The molecule has 2 amide bonds. The summed E-state index contributed by atoms with van der Waals surface area (Å²) < 4.78 is 7.25. The summed E-state index contributed by atoms with van der Waals surface area (Å²) in [5.74, 6) is -2.14. The van der Waals surface area contributed by atoms with Crippen LogP contribution in [0.25, 0.3) is 5.65 Å². The first-order chi connectivity index (χ1) is 13.4. The Morgan fingerprint density at radius 2 is 1.82 bits per heavy atom. The molecular weight excluding hydrogens is 430 g/mol. The topological polar surface area (TPSA) is 98.0 Å². The maximum absolute atomic E-state index is 12.4. The van der Waals surface area contributed by atoms with Gasteiger partial charge in [0.25, 0.3) is 5.56 Å². The van der Waals surface area contributed by atoms with Gasteiger partial charge in [-0.1, -0.05) is 12.2 Å². The van der Waals surface area contributed by atoms with Gasteiger partial charge in [0, 0.05) is 16.7 Å². The second-order valence-corrected chi connectivity index (χ2v) is 7.66. The first kappa shape index (κ1) is 18.5. The van der Waals surface area contributed by atoms with Gasteiger partial charge in [-0.15, -0.1) is 0 Å². The number of likely N-dealkylation sites (tertiary alicyclic amines) is 1. The largest absolute Gasteiger partial charge is 0.458 e. The Hall–Kier alpha value is -2.81. The van der Waals surface area contributed by atoms with Gasteiger partial charge in [0.2, 0.25) is 11.8 Å². The van der Waals surface area contributed by atoms with E-state index in [4.69, 9.17) is 4.74 Å². The fourth-order valence-electron chi connectivity index (χ4n) is 3.55. The van der Waals surface area contributed by atoms with Crippen LogP contribution in [0.5, 0.6) is 0 Å². The van der Waals surface area contributed by atoms with E-state index in [1.54, 1.807) is 18.3 Å². The molecule has 1 fully saturated rings. The van der Waals surface area contributed by atoms with E-state index in [0.29, 0.717) is 18.5 Å². The number of imide groups is 1. The van der Waals surface area contributed by atoms with Crippen LogP contribution in [0.1, 0.15) is 18.5 Å². The third kappa shape index (κ3) is 3.37. The maximum atomic E-state index is 12.4. The molecule has 4 rings (SSSR count). The van der Waals surface area contributed by atoms with Crippen molar-refractivity contribution in [2.75, 3.05) is 6.54 Å². The van der Waals surface area contributed by atoms with E-state index < -0.39 is 12.5 Å². The molecule has 0 unspecified atom stereocenters. The fourth-order valence-corrected chi connectivity index (χ4v) is 3.89. The highest BCUT2D eigenvalue weighted by atomic mass is 79.9. The van der Waals surface area contributed by atoms with Gasteiger partial charge in [-0.05, 0) is 40.9 Å². The molecule has 1 saturated heterocycles. The van der Waals surface area contributed by atoms with Crippen molar-refractivity contribution in [2.45, 2.75) is 19.4 Å². The molecule has 3 heterocycles. The first-order valence-electron chi connectivity index (χ1n) is 8.78. The molecule has 0 saturated carbocycles. The molecule has 1 aliphatic carbocycles. The number of esters is 1. The standard InChI is InChI=1S/C19H16BrN3O5/c20-11-5-6-15-21-12(7-16(24)22(15)8-11)10-28-17(25)9-23-18(26)13-3-1-2-4-14(13)19(23)27/h1-2,5-8,13-14H,3-4,9-10H2/t13-,14-/m0/s1. The highest BCUT2D eigenvalue weighted by molar-refractivity contribution is 9.10. The molecule has 2 aliphatic rings. The molecule has 0 radical (unpaired) electrons. The van der Waals surface area contributed by atoms with Crippen LogP contribution in [0.2, 0.25) is 0 Å². The van der Waals surface area contributed by atoms with Crippen molar-refractivity contribution in [2.24, 2.45) is 11.8 Å². The summed E-state index contributed by atoms with van der Waals surface area (Å²) in [4.78, 5) is 54.3. The van der Waals surface area contributed by atoms with Crippen molar-refractivity contribution >= 4 is 39.4 Å². The SMILES string of the molecule is O=C(CN1C(=O)[C@H]2CC=CC[C@@H]2C1=O)OCc1cc(=O)n2cc(Br)ccc2n1. The summed E-state index contributed by atoms with van der Waals surface area (Å²) in [6.45, 7) is -0.643. The molecular formula is C19H16BrN3O5. The van der Waals surface area contributed by atoms with Crippen LogP contribution in [-0.2, 0) is 25.7 Å². The highest BCUT2D eigenvalue weighted by Crippen LogP contribution is 2.34. The number of pyridine rings is 1. The minimum Gasteiger partial charge on any atom is -0.458 e. The van der Waals surface area contributed by atoms with Crippen molar-refractivity contribution in [3.05, 3.63) is 57.1 Å². The molecule has 9 heteroatoms. The molecule has 2 aromatic rings. The second-order valence-electron chi connectivity index (χ2n) is 6.74. The van der Waals surface area contributed by atoms with Crippen LogP contribution in [-0.4, -0.2) is 38.6 Å². The molecule has 0 aromatic carbocycles. The zero-order chi connectivity index (χ0) is 19.8. The van der Waals surface area contributed by atoms with Gasteiger partial charge >= 0.3 is 5.97 Å². The van der Waals surface area contributed by atoms with E-state index in [1.165, 1.54) is 10.5 Å². The van der Waals surface area contributed by atoms with E-state index in [9.17, 15) is 19.2 Å². The molecule has 8 nitrogen and oxygen atoms in total. The number of ether oxygens (including phenoxy) is 1. The van der Waals surface area contributed by atoms with Crippen LogP contribution in [0.15, 0.2) is 45.8 Å². The number of fused-ring (bicyclic) bond motifs is 2. The third-order valence-corrected chi connectivity index (χ3v) is 5.41. The van der Waals surface area contributed by atoms with Gasteiger partial charge in [-0.3, -0.25) is 28.5 Å². The van der Waals surface area contributed by atoms with Gasteiger partial charge in [0.1, 0.15) is 18.8 Å². The van der Waals surface area contributed by atoms with Crippen molar-refractivity contribution in [1.29, 1.82) is 0 Å². The number of aromatic nitrogens is 2. The van der Waals surface area contributed by atoms with Crippen molar-refractivity contribution in [3.8, 4) is 0 Å². The molecule has 144 valence electrons. The minimum absolute atomic E-state index is 0.217. The molecule has 2 aromatic heterocycles. The summed E-state index contributed by atoms with van der Waals surface area (Å²) in [6.07, 6.45) is 6.40. The average molecular weight is 446 g/mol. The van der Waals surface area contributed by atoms with Crippen LogP contribution >= 0.6 is 15.9 Å². The number of carbonyl (C=O) groups is 3. The van der Waals surface area contributed by atoms with Crippen LogP contribution in [0, 0.1) is 11.8 Å². The summed E-state index contributed by atoms with van der Waals surface area (Å²) in [6, 6.07) is 4.68. The number of nitrogens with zero attached hydrogens (tertiary/aromatic N) is 3. The Morgan fingerprint density at radius 1 is 1.14 bits per heavy atom. The highest BCUT2D eigenvalue weighted by Gasteiger charge is 2.47. The van der Waals surface area contributed by atoms with Crippen LogP contribution in [0.3, 0.4) is 0 Å². The minimum atomic E-state index is -0.717. The van der Waals surface area contributed by atoms with Gasteiger partial charge < -0.3 is 4.74 Å². The van der Waals surface area contributed by atoms with Gasteiger partial charge in [0.05, 0.1) is 17.5 Å². The Labute approximate surface area is 167 Å². The van der Waals surface area contributed by atoms with Crippen molar-refractivity contribution < 1.29 is 19.1 Å². The maximum Gasteiger partial charge on any atom is 0.326 e. The quantitative estimate of drug-likeness (QED) is 0.401. The third-order valence-electron chi connectivity index (χ3n) is 4.94. The second kappa shape index (κ2) is 7.31. The van der Waals surface area contributed by atoms with Crippen LogP contribution in [0.4, 0.5) is 0 Å². The average Bonchev–Trinajstić information content (AvgIpc) is 2.92. The fraction of sp³-hybridized carbons (Fsp3) is 0.316. The number of halogens is 1. The van der Waals surface area contributed by atoms with E-state index in [0.717, 1.165) is 9.37 Å². The normalized spacial score (nSPS) is 21.2. The van der Waals surface area contributed by atoms with E-state index in [1.807, 2.05) is 12.2 Å². The number of hydrogen-bond donors (Lipinski definition) is 0. The molecule has 1 aliphatic heterocycles. The van der Waals surface area contributed by atoms with E-state index in [-0.39, 0.29) is 41.5 Å². The summed E-state index contributed by atoms with van der Waals surface area (Å²) >= 11 is 3.29. The van der Waals surface area contributed by atoms with Gasteiger partial charge in [-0.2, -0.15) is 0 Å². The molecule has 2 atom stereocenters. The number of hydrogen-bond acceptors (Lipinski definition) is 6. The van der Waals surface area contributed by atoms with E-state index in [2.05, 4.69) is 20.9 Å². The van der Waals surface area contributed by atoms with Crippen LogP contribution < -0.4 is 5.56 Å². The summed E-state index contributed by atoms with van der Waals surface area (Å²) in [5, 5.41) is 0. The molecule has 0 spiro atoms. The lowest BCUT2D eigenvalue weighted by molar-refractivity contribution is -0.153. The molecule has 0 bridgehead atoms. The lowest BCUT2D eigenvalue weighted by Gasteiger charge is -2.14. The Bertz CT molecular complexity index is 1050. The smallest absolute Gasteiger partial charge is 0.326 e. The predicted molar refractivity (Wildman–Crippen MR) is 101 cm³/mol. The Morgan fingerprint density at radius 3 is 2.50 bits per heavy atom. The number of allylic oxidation sites excluding steroid dienone is 2. The number of amides is 2. The zero-order valence-corrected chi connectivity index (χ0v) is 16.3. The van der Waals surface area contributed by atoms with Gasteiger partial charge in [-0.25, -0.2) is 4.98 Å². The first-order valence-corrected chi connectivity index (χ1v) is 9.57. The Balaban J connectivity index is 1.42. The molecule has 28 heavy (non-hydrogen) atoms. The number of rotatable bonds is 4. The van der Waals surface area contributed by atoms with Crippen molar-refractivity contribution in [3.63, 3.8) is 0 Å². The summed E-state index contributed by atoms with van der Waals surface area (Å²) in [5.41, 5.74) is 0.402. The lowest BCUT2D eigenvalue weighted by Crippen LogP contribution is -2.36. The Kier molecular flexibility index (Phi) is 4.84. The predicted octanol–water partition coefficient (Wildman–Crippen LogP) is 1.45. The lowest BCUT2D eigenvalue weighted by atomic mass is 9.85. The zero-order valence-electron chi connectivity index (χ0n) is 14.7. The van der Waals surface area contributed by atoms with Crippen molar-refractivity contribution in [1.82, 2.24) is 14.3 Å². The summed E-state index contributed by atoms with van der Waals surface area (Å²) in [7, 11) is 0. The van der Waals surface area contributed by atoms with E-state index >= 15 is 0 Å². The van der Waals surface area contributed by atoms with Gasteiger partial charge in [0.15, 0.2) is 0 Å².